The Kier molecular flexibility index (Phi) is 4.55. The molecule has 2 aromatic heterocycles. The van der Waals surface area contributed by atoms with Crippen LogP contribution in [-0.4, -0.2) is 46.9 Å². The lowest BCUT2D eigenvalue weighted by molar-refractivity contribution is 0.0600. The van der Waals surface area contributed by atoms with E-state index in [1.54, 1.807) is 6.20 Å². The van der Waals surface area contributed by atoms with Crippen molar-refractivity contribution in [1.82, 2.24) is 14.8 Å². The normalized spacial score (nSPS) is 15.6. The first-order chi connectivity index (χ1) is 12.2. The van der Waals surface area contributed by atoms with Gasteiger partial charge in [-0.2, -0.15) is 0 Å². The highest BCUT2D eigenvalue weighted by Crippen LogP contribution is 2.24. The van der Waals surface area contributed by atoms with Gasteiger partial charge in [-0.3, -0.25) is 14.7 Å². The fourth-order valence-electron chi connectivity index (χ4n) is 3.13. The number of amides is 1. The number of benzene rings is 1. The van der Waals surface area contributed by atoms with E-state index in [4.69, 9.17) is 4.42 Å². The van der Waals surface area contributed by atoms with Gasteiger partial charge in [-0.25, -0.2) is 0 Å². The van der Waals surface area contributed by atoms with Crippen LogP contribution in [0.1, 0.15) is 16.1 Å². The molecule has 0 N–H and O–H groups in total. The zero-order chi connectivity index (χ0) is 17.2. The molecule has 0 saturated carbocycles. The molecule has 6 heteroatoms. The summed E-state index contributed by atoms with van der Waals surface area (Å²) in [5.74, 6) is 0.377. The lowest BCUT2D eigenvalue weighted by Crippen LogP contribution is -2.48. The molecule has 1 saturated heterocycles. The van der Waals surface area contributed by atoms with Gasteiger partial charge in [0.05, 0.1) is 0 Å². The van der Waals surface area contributed by atoms with Crippen molar-refractivity contribution in [1.29, 1.82) is 0 Å². The van der Waals surface area contributed by atoms with E-state index < -0.39 is 0 Å². The number of aromatic nitrogens is 1. The van der Waals surface area contributed by atoms with Crippen molar-refractivity contribution in [3.63, 3.8) is 0 Å². The van der Waals surface area contributed by atoms with Crippen molar-refractivity contribution in [2.45, 2.75) is 6.54 Å². The Balaban J connectivity index is 1.40. The summed E-state index contributed by atoms with van der Waals surface area (Å²) in [4.78, 5) is 21.1. The van der Waals surface area contributed by atoms with Crippen LogP contribution in [0.4, 0.5) is 0 Å². The van der Waals surface area contributed by atoms with E-state index in [-0.39, 0.29) is 5.91 Å². The summed E-state index contributed by atoms with van der Waals surface area (Å²) in [6, 6.07) is 11.6. The van der Waals surface area contributed by atoms with Crippen LogP contribution in [0.3, 0.4) is 0 Å². The Morgan fingerprint density at radius 1 is 1.16 bits per heavy atom. The average Bonchev–Trinajstić information content (AvgIpc) is 3.06. The molecular formula is C19H18BrN3O2. The number of carbonyl (C=O) groups is 1. The van der Waals surface area contributed by atoms with Crippen LogP contribution >= 0.6 is 15.9 Å². The highest BCUT2D eigenvalue weighted by molar-refractivity contribution is 9.10. The first kappa shape index (κ1) is 16.3. The van der Waals surface area contributed by atoms with Crippen molar-refractivity contribution in [2.75, 3.05) is 26.2 Å². The van der Waals surface area contributed by atoms with Crippen LogP contribution in [0.5, 0.6) is 0 Å². The quantitative estimate of drug-likeness (QED) is 0.675. The lowest BCUT2D eigenvalue weighted by atomic mass is 10.2. The van der Waals surface area contributed by atoms with Crippen molar-refractivity contribution in [2.24, 2.45) is 0 Å². The van der Waals surface area contributed by atoms with Crippen LogP contribution in [0, 0.1) is 0 Å². The molecule has 25 heavy (non-hydrogen) atoms. The van der Waals surface area contributed by atoms with Crippen LogP contribution in [0.25, 0.3) is 11.0 Å². The van der Waals surface area contributed by atoms with Gasteiger partial charge in [0.1, 0.15) is 5.58 Å². The third kappa shape index (κ3) is 3.60. The predicted molar refractivity (Wildman–Crippen MR) is 99.3 cm³/mol. The number of nitrogens with zero attached hydrogens (tertiary/aromatic N) is 3. The Morgan fingerprint density at radius 2 is 2.00 bits per heavy atom. The van der Waals surface area contributed by atoms with Gasteiger partial charge in [0.25, 0.3) is 5.91 Å². The molecule has 0 aliphatic carbocycles. The van der Waals surface area contributed by atoms with E-state index >= 15 is 0 Å². The molecule has 1 fully saturated rings. The molecule has 0 spiro atoms. The molecule has 3 aromatic rings. The number of furan rings is 1. The monoisotopic (exact) mass is 399 g/mol. The molecule has 0 bridgehead atoms. The minimum atomic E-state index is -0.0339. The van der Waals surface area contributed by atoms with E-state index in [0.29, 0.717) is 18.8 Å². The summed E-state index contributed by atoms with van der Waals surface area (Å²) in [6.07, 6.45) is 3.68. The maximum atomic E-state index is 12.7. The molecule has 128 valence electrons. The number of rotatable bonds is 3. The smallest absolute Gasteiger partial charge is 0.289 e. The number of piperazine rings is 1. The third-order valence-electron chi connectivity index (χ3n) is 4.48. The summed E-state index contributed by atoms with van der Waals surface area (Å²) < 4.78 is 6.70. The van der Waals surface area contributed by atoms with Gasteiger partial charge in [-0.15, -0.1) is 0 Å². The molecule has 5 nitrogen and oxygen atoms in total. The first-order valence-electron chi connectivity index (χ1n) is 8.29. The fraction of sp³-hybridized carbons (Fsp3) is 0.263. The summed E-state index contributed by atoms with van der Waals surface area (Å²) >= 11 is 3.44. The molecule has 4 rings (SSSR count). The van der Waals surface area contributed by atoms with Gasteiger partial charge in [0, 0.05) is 55.0 Å². The highest BCUT2D eigenvalue weighted by atomic mass is 79.9. The predicted octanol–water partition coefficient (Wildman–Crippen LogP) is 3.55. The number of carbonyl (C=O) groups excluding carboxylic acids is 1. The second-order valence-corrected chi connectivity index (χ2v) is 7.14. The van der Waals surface area contributed by atoms with Crippen LogP contribution in [0.15, 0.2) is 57.7 Å². The zero-order valence-electron chi connectivity index (χ0n) is 13.7. The second-order valence-electron chi connectivity index (χ2n) is 6.22. The number of fused-ring (bicyclic) bond motifs is 1. The van der Waals surface area contributed by atoms with Crippen molar-refractivity contribution in [3.8, 4) is 0 Å². The van der Waals surface area contributed by atoms with E-state index in [1.807, 2.05) is 41.4 Å². The fourth-order valence-corrected chi connectivity index (χ4v) is 3.51. The van der Waals surface area contributed by atoms with E-state index in [9.17, 15) is 4.79 Å². The largest absolute Gasteiger partial charge is 0.451 e. The second kappa shape index (κ2) is 6.98. The van der Waals surface area contributed by atoms with Gasteiger partial charge in [-0.05, 0) is 35.9 Å². The van der Waals surface area contributed by atoms with E-state index in [0.717, 1.165) is 35.1 Å². The molecule has 1 aromatic carbocycles. The lowest BCUT2D eigenvalue weighted by Gasteiger charge is -2.34. The Morgan fingerprint density at radius 3 is 2.76 bits per heavy atom. The molecule has 1 aliphatic rings. The Hall–Kier alpha value is -2.18. The topological polar surface area (TPSA) is 49.6 Å². The van der Waals surface area contributed by atoms with Crippen molar-refractivity contribution in [3.05, 3.63) is 64.6 Å². The first-order valence-corrected chi connectivity index (χ1v) is 9.08. The van der Waals surface area contributed by atoms with Gasteiger partial charge in [0.15, 0.2) is 5.76 Å². The van der Waals surface area contributed by atoms with Gasteiger partial charge in [0.2, 0.25) is 0 Å². The zero-order valence-corrected chi connectivity index (χ0v) is 15.3. The summed E-state index contributed by atoms with van der Waals surface area (Å²) in [5.41, 5.74) is 1.94. The van der Waals surface area contributed by atoms with Gasteiger partial charge in [-0.1, -0.05) is 22.0 Å². The molecular weight excluding hydrogens is 382 g/mol. The molecule has 1 amide bonds. The number of halogens is 1. The SMILES string of the molecule is O=C(c1cc2cc(Br)ccc2o1)N1CCN(Cc2cccnc2)CC1. The van der Waals surface area contributed by atoms with Crippen LogP contribution < -0.4 is 0 Å². The molecule has 1 aliphatic heterocycles. The van der Waals surface area contributed by atoms with E-state index in [2.05, 4.69) is 31.9 Å². The van der Waals surface area contributed by atoms with Gasteiger partial charge < -0.3 is 9.32 Å². The third-order valence-corrected chi connectivity index (χ3v) is 4.97. The summed E-state index contributed by atoms with van der Waals surface area (Å²) in [6.45, 7) is 3.99. The Labute approximate surface area is 154 Å². The summed E-state index contributed by atoms with van der Waals surface area (Å²) in [7, 11) is 0. The molecule has 0 unspecified atom stereocenters. The van der Waals surface area contributed by atoms with Gasteiger partial charge >= 0.3 is 0 Å². The standard InChI is InChI=1S/C19H18BrN3O2/c20-16-3-4-17-15(10-16)11-18(25-17)19(24)23-8-6-22(7-9-23)13-14-2-1-5-21-12-14/h1-5,10-12H,6-9,13H2. The number of hydrogen-bond acceptors (Lipinski definition) is 4. The van der Waals surface area contributed by atoms with Crippen molar-refractivity contribution < 1.29 is 9.21 Å². The van der Waals surface area contributed by atoms with Crippen molar-refractivity contribution >= 4 is 32.8 Å². The molecule has 3 heterocycles. The minimum Gasteiger partial charge on any atom is -0.451 e. The molecule has 0 radical (unpaired) electrons. The Bertz CT molecular complexity index is 886. The maximum absolute atomic E-state index is 12.7. The number of hydrogen-bond donors (Lipinski definition) is 0. The van der Waals surface area contributed by atoms with Crippen LogP contribution in [-0.2, 0) is 6.54 Å². The average molecular weight is 400 g/mol. The highest BCUT2D eigenvalue weighted by Gasteiger charge is 2.24. The maximum Gasteiger partial charge on any atom is 0.289 e. The van der Waals surface area contributed by atoms with Crippen LogP contribution in [0.2, 0.25) is 0 Å². The summed E-state index contributed by atoms with van der Waals surface area (Å²) in [5, 5.41) is 0.938. The molecule has 0 atom stereocenters. The van der Waals surface area contributed by atoms with E-state index in [1.165, 1.54) is 5.56 Å². The minimum absolute atomic E-state index is 0.0339. The number of pyridine rings is 1.